The van der Waals surface area contributed by atoms with Crippen LogP contribution < -0.4 is 5.32 Å². The lowest BCUT2D eigenvalue weighted by molar-refractivity contribution is -0.0660. The van der Waals surface area contributed by atoms with E-state index in [4.69, 9.17) is 4.74 Å². The second kappa shape index (κ2) is 3.00. The first kappa shape index (κ1) is 8.52. The van der Waals surface area contributed by atoms with Crippen molar-refractivity contribution in [1.82, 2.24) is 5.32 Å². The summed E-state index contributed by atoms with van der Waals surface area (Å²) in [5.41, 5.74) is 0.0666. The Bertz CT molecular complexity index is 151. The van der Waals surface area contributed by atoms with Crippen molar-refractivity contribution in [3.05, 3.63) is 0 Å². The number of rotatable bonds is 0. The molecule has 0 bridgehead atoms. The van der Waals surface area contributed by atoms with Gasteiger partial charge in [-0.15, -0.1) is 0 Å². The minimum Gasteiger partial charge on any atom is -0.359 e. The summed E-state index contributed by atoms with van der Waals surface area (Å²) in [7, 11) is 0. The molecule has 12 heavy (non-hydrogen) atoms. The average molecular weight is 169 g/mol. The fourth-order valence-electron chi connectivity index (χ4n) is 2.90. The van der Waals surface area contributed by atoms with Gasteiger partial charge in [0, 0.05) is 6.54 Å². The predicted octanol–water partition coefficient (Wildman–Crippen LogP) is 1.76. The molecule has 70 valence electrons. The Balaban J connectivity index is 2.04. The van der Waals surface area contributed by atoms with Crippen LogP contribution in [0.4, 0.5) is 0 Å². The molecule has 1 heterocycles. The molecule has 2 nitrogen and oxygen atoms in total. The van der Waals surface area contributed by atoms with Crippen molar-refractivity contribution >= 4 is 0 Å². The first-order valence-corrected chi connectivity index (χ1v) is 5.09. The molecule has 2 atom stereocenters. The van der Waals surface area contributed by atoms with Crippen LogP contribution in [0, 0.1) is 11.8 Å². The standard InChI is InChI=1S/C10H19NO/c1-8-5-9(2)7-10(6-8)11-3-4-12-10/h8-9,11H,3-7H2,1-2H3. The van der Waals surface area contributed by atoms with Crippen molar-refractivity contribution in [2.45, 2.75) is 38.8 Å². The maximum atomic E-state index is 5.81. The van der Waals surface area contributed by atoms with Crippen LogP contribution in [-0.2, 0) is 4.74 Å². The van der Waals surface area contributed by atoms with E-state index >= 15 is 0 Å². The first-order valence-electron chi connectivity index (χ1n) is 5.09. The van der Waals surface area contributed by atoms with E-state index in [-0.39, 0.29) is 5.72 Å². The Kier molecular flexibility index (Phi) is 2.13. The Morgan fingerprint density at radius 1 is 1.25 bits per heavy atom. The molecule has 0 radical (unpaired) electrons. The highest BCUT2D eigenvalue weighted by molar-refractivity contribution is 4.90. The van der Waals surface area contributed by atoms with Crippen LogP contribution in [0.1, 0.15) is 33.1 Å². The molecular formula is C10H19NO. The Morgan fingerprint density at radius 3 is 2.42 bits per heavy atom. The van der Waals surface area contributed by atoms with E-state index < -0.39 is 0 Å². The molecule has 2 fully saturated rings. The van der Waals surface area contributed by atoms with Crippen molar-refractivity contribution in [1.29, 1.82) is 0 Å². The lowest BCUT2D eigenvalue weighted by atomic mass is 9.78. The van der Waals surface area contributed by atoms with E-state index in [0.29, 0.717) is 0 Å². The summed E-state index contributed by atoms with van der Waals surface area (Å²) in [6, 6.07) is 0. The van der Waals surface area contributed by atoms with Crippen LogP contribution >= 0.6 is 0 Å². The zero-order valence-corrected chi connectivity index (χ0v) is 8.10. The van der Waals surface area contributed by atoms with Crippen LogP contribution in [-0.4, -0.2) is 18.9 Å². The molecule has 0 amide bonds. The van der Waals surface area contributed by atoms with Gasteiger partial charge in [-0.25, -0.2) is 0 Å². The first-order chi connectivity index (χ1) is 5.70. The van der Waals surface area contributed by atoms with Gasteiger partial charge in [-0.05, 0) is 31.1 Å². The van der Waals surface area contributed by atoms with Crippen molar-refractivity contribution in [2.24, 2.45) is 11.8 Å². The molecule has 2 heteroatoms. The predicted molar refractivity (Wildman–Crippen MR) is 48.9 cm³/mol. The van der Waals surface area contributed by atoms with Crippen molar-refractivity contribution in [3.63, 3.8) is 0 Å². The maximum Gasteiger partial charge on any atom is 0.119 e. The smallest absolute Gasteiger partial charge is 0.119 e. The molecule has 2 rings (SSSR count). The molecule has 1 aliphatic carbocycles. The monoisotopic (exact) mass is 169 g/mol. The van der Waals surface area contributed by atoms with E-state index in [1.165, 1.54) is 19.3 Å². The van der Waals surface area contributed by atoms with Crippen LogP contribution in [0.25, 0.3) is 0 Å². The quantitative estimate of drug-likeness (QED) is 0.596. The number of ether oxygens (including phenoxy) is 1. The van der Waals surface area contributed by atoms with Crippen LogP contribution in [0.2, 0.25) is 0 Å². The highest BCUT2D eigenvalue weighted by atomic mass is 16.5. The Hall–Kier alpha value is -0.0800. The fourth-order valence-corrected chi connectivity index (χ4v) is 2.90. The van der Waals surface area contributed by atoms with E-state index in [1.807, 2.05) is 0 Å². The molecule has 0 aromatic rings. The van der Waals surface area contributed by atoms with Gasteiger partial charge in [0.05, 0.1) is 6.61 Å². The van der Waals surface area contributed by atoms with E-state index in [0.717, 1.165) is 25.0 Å². The minimum atomic E-state index is 0.0666. The molecule has 0 aromatic heterocycles. The van der Waals surface area contributed by atoms with Crippen molar-refractivity contribution < 1.29 is 4.74 Å². The third kappa shape index (κ3) is 1.50. The van der Waals surface area contributed by atoms with Gasteiger partial charge in [0.25, 0.3) is 0 Å². The normalized spacial score (nSPS) is 48.5. The van der Waals surface area contributed by atoms with E-state index in [1.54, 1.807) is 0 Å². The Morgan fingerprint density at radius 2 is 1.92 bits per heavy atom. The molecule has 2 unspecified atom stereocenters. The second-order valence-electron chi connectivity index (χ2n) is 4.62. The topological polar surface area (TPSA) is 21.3 Å². The summed E-state index contributed by atoms with van der Waals surface area (Å²) in [5, 5.41) is 3.51. The Labute approximate surface area is 74.7 Å². The summed E-state index contributed by atoms with van der Waals surface area (Å²) < 4.78 is 5.81. The lowest BCUT2D eigenvalue weighted by Crippen LogP contribution is -2.47. The zero-order chi connectivity index (χ0) is 8.60. The number of nitrogens with one attached hydrogen (secondary N) is 1. The van der Waals surface area contributed by atoms with Crippen LogP contribution in [0.15, 0.2) is 0 Å². The molecule has 1 saturated heterocycles. The van der Waals surface area contributed by atoms with Gasteiger partial charge < -0.3 is 4.74 Å². The molecule has 1 aliphatic heterocycles. The summed E-state index contributed by atoms with van der Waals surface area (Å²) in [6.07, 6.45) is 3.78. The molecule has 2 aliphatic rings. The molecule has 1 saturated carbocycles. The molecule has 1 spiro atoms. The van der Waals surface area contributed by atoms with E-state index in [2.05, 4.69) is 19.2 Å². The zero-order valence-electron chi connectivity index (χ0n) is 8.10. The summed E-state index contributed by atoms with van der Waals surface area (Å²) >= 11 is 0. The van der Waals surface area contributed by atoms with Crippen LogP contribution in [0.5, 0.6) is 0 Å². The van der Waals surface area contributed by atoms with E-state index in [9.17, 15) is 0 Å². The lowest BCUT2D eigenvalue weighted by Gasteiger charge is -2.39. The van der Waals surface area contributed by atoms with Crippen molar-refractivity contribution in [3.8, 4) is 0 Å². The molecular weight excluding hydrogens is 150 g/mol. The summed E-state index contributed by atoms with van der Waals surface area (Å²) in [5.74, 6) is 1.64. The van der Waals surface area contributed by atoms with Gasteiger partial charge in [-0.2, -0.15) is 0 Å². The van der Waals surface area contributed by atoms with Crippen LogP contribution in [0.3, 0.4) is 0 Å². The highest BCUT2D eigenvalue weighted by Gasteiger charge is 2.40. The average Bonchev–Trinajstić information content (AvgIpc) is 2.33. The third-order valence-electron chi connectivity index (χ3n) is 3.09. The number of hydrogen-bond donors (Lipinski definition) is 1. The van der Waals surface area contributed by atoms with Gasteiger partial charge in [-0.1, -0.05) is 13.8 Å². The molecule has 0 aromatic carbocycles. The maximum absolute atomic E-state index is 5.81. The van der Waals surface area contributed by atoms with Gasteiger partial charge in [0.15, 0.2) is 0 Å². The fraction of sp³-hybridized carbons (Fsp3) is 1.00. The number of hydrogen-bond acceptors (Lipinski definition) is 2. The minimum absolute atomic E-state index is 0.0666. The van der Waals surface area contributed by atoms with Gasteiger partial charge >= 0.3 is 0 Å². The van der Waals surface area contributed by atoms with Gasteiger partial charge in [0.1, 0.15) is 5.72 Å². The highest BCUT2D eigenvalue weighted by Crippen LogP contribution is 2.37. The van der Waals surface area contributed by atoms with Gasteiger partial charge in [-0.3, -0.25) is 5.32 Å². The largest absolute Gasteiger partial charge is 0.359 e. The molecule has 1 N–H and O–H groups in total. The summed E-state index contributed by atoms with van der Waals surface area (Å²) in [4.78, 5) is 0. The SMILES string of the molecule is CC1CC(C)CC2(C1)NCCO2. The third-order valence-corrected chi connectivity index (χ3v) is 3.09. The second-order valence-corrected chi connectivity index (χ2v) is 4.62. The van der Waals surface area contributed by atoms with Crippen molar-refractivity contribution in [2.75, 3.05) is 13.2 Å². The summed E-state index contributed by atoms with van der Waals surface area (Å²) in [6.45, 7) is 6.61. The van der Waals surface area contributed by atoms with Gasteiger partial charge in [0.2, 0.25) is 0 Å².